The second-order valence-corrected chi connectivity index (χ2v) is 6.46. The Bertz CT molecular complexity index is 578. The Labute approximate surface area is 118 Å². The summed E-state index contributed by atoms with van der Waals surface area (Å²) in [6.07, 6.45) is 0.908. The third kappa shape index (κ3) is 3.29. The molecule has 1 aliphatic rings. The van der Waals surface area contributed by atoms with Crippen LogP contribution in [0.1, 0.15) is 23.2 Å². The van der Waals surface area contributed by atoms with Gasteiger partial charge in [0.15, 0.2) is 0 Å². The van der Waals surface area contributed by atoms with E-state index >= 15 is 0 Å². The van der Waals surface area contributed by atoms with Gasteiger partial charge in [-0.05, 0) is 25.0 Å². The zero-order valence-electron chi connectivity index (χ0n) is 11.2. The van der Waals surface area contributed by atoms with Crippen LogP contribution in [0.5, 0.6) is 0 Å². The van der Waals surface area contributed by atoms with Crippen LogP contribution in [0.15, 0.2) is 24.3 Å². The van der Waals surface area contributed by atoms with Crippen LogP contribution in [0.4, 0.5) is 5.69 Å². The molecular formula is C13H17NO5S. The zero-order chi connectivity index (χ0) is 14.6. The molecule has 0 saturated carbocycles. The van der Waals surface area contributed by atoms with Gasteiger partial charge in [0.25, 0.3) is 0 Å². The molecule has 0 bridgehead atoms. The van der Waals surface area contributed by atoms with E-state index in [1.54, 1.807) is 18.2 Å². The first-order valence-electron chi connectivity index (χ1n) is 6.31. The fourth-order valence-corrected chi connectivity index (χ4v) is 3.55. The van der Waals surface area contributed by atoms with Gasteiger partial charge in [-0.15, -0.1) is 0 Å². The summed E-state index contributed by atoms with van der Waals surface area (Å²) in [6.45, 7) is 0.869. The van der Waals surface area contributed by atoms with Crippen molar-refractivity contribution in [3.63, 3.8) is 0 Å². The van der Waals surface area contributed by atoms with E-state index in [9.17, 15) is 13.2 Å². The number of esters is 1. The number of carbonyl (C=O) groups excluding carboxylic acids is 1. The van der Waals surface area contributed by atoms with Crippen LogP contribution in [0.3, 0.4) is 0 Å². The highest BCUT2D eigenvalue weighted by molar-refractivity contribution is 7.93. The van der Waals surface area contributed by atoms with Crippen molar-refractivity contribution in [3.05, 3.63) is 29.8 Å². The SMILES string of the molecule is COC(=O)c1ccccc1NS(=O)(=O)C1CCOCC1. The molecule has 6 nitrogen and oxygen atoms in total. The van der Waals surface area contributed by atoms with Gasteiger partial charge in [0.2, 0.25) is 10.0 Å². The summed E-state index contributed by atoms with van der Waals surface area (Å²) >= 11 is 0. The summed E-state index contributed by atoms with van der Waals surface area (Å²) < 4.78 is 36.9. The fourth-order valence-electron chi connectivity index (χ4n) is 2.08. The maximum Gasteiger partial charge on any atom is 0.339 e. The predicted octanol–water partition coefficient (Wildman–Crippen LogP) is 1.39. The first-order chi connectivity index (χ1) is 9.54. The molecule has 1 fully saturated rings. The Morgan fingerprint density at radius 1 is 1.30 bits per heavy atom. The standard InChI is InChI=1S/C13H17NO5S/c1-18-13(15)11-4-2-3-5-12(11)14-20(16,17)10-6-8-19-9-7-10/h2-5,10,14H,6-9H2,1H3. The van der Waals surface area contributed by atoms with E-state index in [2.05, 4.69) is 9.46 Å². The minimum atomic E-state index is -3.54. The molecule has 110 valence electrons. The van der Waals surface area contributed by atoms with Crippen LogP contribution >= 0.6 is 0 Å². The highest BCUT2D eigenvalue weighted by Crippen LogP contribution is 2.22. The van der Waals surface area contributed by atoms with Gasteiger partial charge >= 0.3 is 5.97 Å². The van der Waals surface area contributed by atoms with E-state index in [0.717, 1.165) is 0 Å². The maximum absolute atomic E-state index is 12.3. The number of nitrogens with one attached hydrogen (secondary N) is 1. The summed E-state index contributed by atoms with van der Waals surface area (Å²) in [5.74, 6) is -0.574. The number of anilines is 1. The number of ether oxygens (including phenoxy) is 2. The quantitative estimate of drug-likeness (QED) is 0.850. The molecule has 1 aromatic rings. The molecule has 7 heteroatoms. The number of methoxy groups -OCH3 is 1. The largest absolute Gasteiger partial charge is 0.465 e. The molecular weight excluding hydrogens is 282 g/mol. The minimum absolute atomic E-state index is 0.200. The van der Waals surface area contributed by atoms with Crippen molar-refractivity contribution in [2.45, 2.75) is 18.1 Å². The van der Waals surface area contributed by atoms with E-state index in [-0.39, 0.29) is 11.3 Å². The summed E-state index contributed by atoms with van der Waals surface area (Å²) in [6, 6.07) is 6.38. The average Bonchev–Trinajstić information content (AvgIpc) is 2.47. The van der Waals surface area contributed by atoms with Crippen molar-refractivity contribution in [3.8, 4) is 0 Å². The Balaban J connectivity index is 2.23. The highest BCUT2D eigenvalue weighted by atomic mass is 32.2. The highest BCUT2D eigenvalue weighted by Gasteiger charge is 2.28. The van der Waals surface area contributed by atoms with Crippen molar-refractivity contribution in [2.24, 2.45) is 0 Å². The molecule has 20 heavy (non-hydrogen) atoms. The third-order valence-corrected chi connectivity index (χ3v) is 5.05. The Kier molecular flexibility index (Phi) is 4.61. The van der Waals surface area contributed by atoms with Crippen molar-refractivity contribution in [2.75, 3.05) is 25.0 Å². The molecule has 0 aliphatic carbocycles. The number of sulfonamides is 1. The van der Waals surface area contributed by atoms with Crippen molar-refractivity contribution in [1.82, 2.24) is 0 Å². The lowest BCUT2D eigenvalue weighted by Crippen LogP contribution is -2.33. The summed E-state index contributed by atoms with van der Waals surface area (Å²) in [5, 5.41) is -0.498. The Hall–Kier alpha value is -1.60. The smallest absolute Gasteiger partial charge is 0.339 e. The van der Waals surface area contributed by atoms with Gasteiger partial charge in [-0.2, -0.15) is 0 Å². The lowest BCUT2D eigenvalue weighted by molar-refractivity contribution is 0.0602. The van der Waals surface area contributed by atoms with Gasteiger partial charge in [-0.3, -0.25) is 4.72 Å². The number of carbonyl (C=O) groups is 1. The zero-order valence-corrected chi connectivity index (χ0v) is 12.0. The van der Waals surface area contributed by atoms with E-state index in [1.165, 1.54) is 13.2 Å². The predicted molar refractivity (Wildman–Crippen MR) is 74.2 cm³/mol. The first-order valence-corrected chi connectivity index (χ1v) is 7.86. The summed E-state index contributed by atoms with van der Waals surface area (Å²) in [7, 11) is -2.28. The molecule has 1 saturated heterocycles. The van der Waals surface area contributed by atoms with E-state index in [0.29, 0.717) is 26.1 Å². The summed E-state index contributed by atoms with van der Waals surface area (Å²) in [4.78, 5) is 11.6. The number of rotatable bonds is 4. The lowest BCUT2D eigenvalue weighted by Gasteiger charge is -2.23. The number of hydrogen-bond acceptors (Lipinski definition) is 5. The van der Waals surface area contributed by atoms with Crippen LogP contribution in [-0.2, 0) is 19.5 Å². The molecule has 1 aliphatic heterocycles. The molecule has 0 radical (unpaired) electrons. The van der Waals surface area contributed by atoms with Gasteiger partial charge in [0, 0.05) is 13.2 Å². The van der Waals surface area contributed by atoms with Crippen LogP contribution in [0.2, 0.25) is 0 Å². The van der Waals surface area contributed by atoms with Crippen LogP contribution in [0.25, 0.3) is 0 Å². The van der Waals surface area contributed by atoms with Gasteiger partial charge in [-0.1, -0.05) is 12.1 Å². The van der Waals surface area contributed by atoms with Gasteiger partial charge in [-0.25, -0.2) is 13.2 Å². The number of hydrogen-bond donors (Lipinski definition) is 1. The van der Waals surface area contributed by atoms with Crippen LogP contribution < -0.4 is 4.72 Å². The molecule has 2 rings (SSSR count). The molecule has 0 spiro atoms. The average molecular weight is 299 g/mol. The van der Waals surface area contributed by atoms with E-state index in [4.69, 9.17) is 4.74 Å². The van der Waals surface area contributed by atoms with E-state index in [1.807, 2.05) is 0 Å². The molecule has 0 atom stereocenters. The molecule has 0 unspecified atom stereocenters. The lowest BCUT2D eigenvalue weighted by atomic mass is 10.2. The molecule has 1 aromatic carbocycles. The van der Waals surface area contributed by atoms with Gasteiger partial charge < -0.3 is 9.47 Å². The van der Waals surface area contributed by atoms with Crippen molar-refractivity contribution < 1.29 is 22.7 Å². The minimum Gasteiger partial charge on any atom is -0.465 e. The second-order valence-electron chi connectivity index (χ2n) is 4.50. The first kappa shape index (κ1) is 14.8. The van der Waals surface area contributed by atoms with E-state index < -0.39 is 21.2 Å². The number of para-hydroxylation sites is 1. The van der Waals surface area contributed by atoms with Crippen molar-refractivity contribution >= 4 is 21.7 Å². The van der Waals surface area contributed by atoms with Crippen molar-refractivity contribution in [1.29, 1.82) is 0 Å². The molecule has 0 aromatic heterocycles. The topological polar surface area (TPSA) is 81.7 Å². The van der Waals surface area contributed by atoms with Crippen LogP contribution in [-0.4, -0.2) is 40.0 Å². The molecule has 0 amide bonds. The summed E-state index contributed by atoms with van der Waals surface area (Å²) in [5.41, 5.74) is 0.441. The Morgan fingerprint density at radius 3 is 2.60 bits per heavy atom. The molecule has 1 heterocycles. The monoisotopic (exact) mass is 299 g/mol. The number of benzene rings is 1. The Morgan fingerprint density at radius 2 is 1.95 bits per heavy atom. The second kappa shape index (κ2) is 6.23. The maximum atomic E-state index is 12.3. The third-order valence-electron chi connectivity index (χ3n) is 3.19. The van der Waals surface area contributed by atoms with Crippen LogP contribution in [0, 0.1) is 0 Å². The fraction of sp³-hybridized carbons (Fsp3) is 0.462. The molecule has 1 N–H and O–H groups in total. The van der Waals surface area contributed by atoms with Gasteiger partial charge in [0.1, 0.15) is 0 Å². The van der Waals surface area contributed by atoms with Gasteiger partial charge in [0.05, 0.1) is 23.6 Å². The normalized spacial score (nSPS) is 16.6.